The Hall–Kier alpha value is -3.87. The van der Waals surface area contributed by atoms with E-state index in [4.69, 9.17) is 4.42 Å². The molecule has 1 N–H and O–H groups in total. The molecule has 0 unspecified atom stereocenters. The third-order valence-electron chi connectivity index (χ3n) is 3.75. The number of furan rings is 1. The van der Waals surface area contributed by atoms with Crippen molar-refractivity contribution in [3.05, 3.63) is 78.9 Å². The van der Waals surface area contributed by atoms with Gasteiger partial charge in [-0.3, -0.25) is 14.8 Å². The molecule has 4 heterocycles. The van der Waals surface area contributed by atoms with Gasteiger partial charge in [0.25, 0.3) is 0 Å². The summed E-state index contributed by atoms with van der Waals surface area (Å²) in [6.07, 6.45) is 6.76. The molecule has 0 saturated carbocycles. The molecule has 7 heteroatoms. The summed E-state index contributed by atoms with van der Waals surface area (Å²) in [5.41, 5.74) is 2.09. The molecule has 1 amide bonds. The summed E-state index contributed by atoms with van der Waals surface area (Å²) in [7, 11) is 0. The maximum absolute atomic E-state index is 12.4. The van der Waals surface area contributed by atoms with Crippen molar-refractivity contribution in [2.24, 2.45) is 0 Å². The third-order valence-corrected chi connectivity index (χ3v) is 3.75. The van der Waals surface area contributed by atoms with Crippen molar-refractivity contribution in [1.82, 2.24) is 19.9 Å². The number of rotatable bonds is 5. The second-order valence-electron chi connectivity index (χ2n) is 5.74. The number of anilines is 1. The molecule has 27 heavy (non-hydrogen) atoms. The monoisotopic (exact) mass is 357 g/mol. The second kappa shape index (κ2) is 7.57. The molecule has 0 aromatic carbocycles. The van der Waals surface area contributed by atoms with Crippen molar-refractivity contribution < 1.29 is 9.21 Å². The van der Waals surface area contributed by atoms with Crippen LogP contribution in [0, 0.1) is 0 Å². The number of hydrogen-bond acceptors (Lipinski definition) is 6. The van der Waals surface area contributed by atoms with E-state index in [2.05, 4.69) is 25.3 Å². The Morgan fingerprint density at radius 2 is 1.96 bits per heavy atom. The summed E-state index contributed by atoms with van der Waals surface area (Å²) < 4.78 is 5.40. The Morgan fingerprint density at radius 3 is 2.70 bits per heavy atom. The van der Waals surface area contributed by atoms with Gasteiger partial charge in [0.1, 0.15) is 5.82 Å². The minimum atomic E-state index is -0.195. The van der Waals surface area contributed by atoms with Crippen LogP contribution in [0.15, 0.2) is 77.8 Å². The average Bonchev–Trinajstić information content (AvgIpc) is 3.24. The van der Waals surface area contributed by atoms with Crippen LogP contribution in [-0.4, -0.2) is 25.8 Å². The first-order valence-corrected chi connectivity index (χ1v) is 8.31. The molecular weight excluding hydrogens is 342 g/mol. The number of carbonyl (C=O) groups is 1. The van der Waals surface area contributed by atoms with Crippen LogP contribution in [0.4, 0.5) is 5.82 Å². The molecule has 7 nitrogen and oxygen atoms in total. The van der Waals surface area contributed by atoms with Gasteiger partial charge in [0.05, 0.1) is 24.1 Å². The van der Waals surface area contributed by atoms with Crippen molar-refractivity contribution in [3.63, 3.8) is 0 Å². The Bertz CT molecular complexity index is 1030. The van der Waals surface area contributed by atoms with Gasteiger partial charge in [-0.05, 0) is 35.9 Å². The van der Waals surface area contributed by atoms with Crippen LogP contribution < -0.4 is 5.32 Å². The summed E-state index contributed by atoms with van der Waals surface area (Å²) in [6.45, 7) is 0. The van der Waals surface area contributed by atoms with Crippen LogP contribution in [0.2, 0.25) is 0 Å². The van der Waals surface area contributed by atoms with Gasteiger partial charge in [0.2, 0.25) is 5.91 Å². The first-order chi connectivity index (χ1) is 13.3. The highest BCUT2D eigenvalue weighted by Gasteiger charge is 2.13. The SMILES string of the molecule is O=C(Cc1cccnc1)Nc1cc(-c2ccccn2)nc(-c2ccco2)n1. The van der Waals surface area contributed by atoms with Crippen LogP contribution in [0.1, 0.15) is 5.56 Å². The Kier molecular flexibility index (Phi) is 4.65. The van der Waals surface area contributed by atoms with Crippen LogP contribution >= 0.6 is 0 Å². The van der Waals surface area contributed by atoms with Crippen LogP contribution in [0.3, 0.4) is 0 Å². The normalized spacial score (nSPS) is 10.5. The molecule has 0 spiro atoms. The van der Waals surface area contributed by atoms with Crippen molar-refractivity contribution in [2.75, 3.05) is 5.32 Å². The smallest absolute Gasteiger partial charge is 0.230 e. The number of amides is 1. The van der Waals surface area contributed by atoms with Gasteiger partial charge in [-0.2, -0.15) is 0 Å². The fourth-order valence-corrected chi connectivity index (χ4v) is 2.55. The molecule has 0 bridgehead atoms. The van der Waals surface area contributed by atoms with Gasteiger partial charge in [0, 0.05) is 24.7 Å². The van der Waals surface area contributed by atoms with Crippen molar-refractivity contribution in [1.29, 1.82) is 0 Å². The Labute approximate surface area is 155 Å². The predicted molar refractivity (Wildman–Crippen MR) is 99.5 cm³/mol. The van der Waals surface area contributed by atoms with Gasteiger partial charge in [0.15, 0.2) is 11.6 Å². The highest BCUT2D eigenvalue weighted by Crippen LogP contribution is 2.23. The van der Waals surface area contributed by atoms with Gasteiger partial charge in [-0.15, -0.1) is 0 Å². The lowest BCUT2D eigenvalue weighted by Crippen LogP contribution is -2.16. The molecule has 0 aliphatic rings. The zero-order valence-corrected chi connectivity index (χ0v) is 14.2. The molecule has 0 aliphatic carbocycles. The molecule has 0 aliphatic heterocycles. The topological polar surface area (TPSA) is 93.8 Å². The maximum atomic E-state index is 12.4. The average molecular weight is 357 g/mol. The molecule has 4 aromatic rings. The number of aromatic nitrogens is 4. The first-order valence-electron chi connectivity index (χ1n) is 8.31. The van der Waals surface area contributed by atoms with E-state index in [0.29, 0.717) is 28.8 Å². The van der Waals surface area contributed by atoms with Gasteiger partial charge < -0.3 is 9.73 Å². The zero-order chi connectivity index (χ0) is 18.5. The fourth-order valence-electron chi connectivity index (χ4n) is 2.55. The largest absolute Gasteiger partial charge is 0.461 e. The molecule has 0 fully saturated rings. The molecule has 132 valence electrons. The van der Waals surface area contributed by atoms with Crippen LogP contribution in [0.25, 0.3) is 23.0 Å². The van der Waals surface area contributed by atoms with E-state index < -0.39 is 0 Å². The minimum Gasteiger partial charge on any atom is -0.461 e. The van der Waals surface area contributed by atoms with E-state index in [-0.39, 0.29) is 12.3 Å². The third kappa shape index (κ3) is 4.04. The highest BCUT2D eigenvalue weighted by atomic mass is 16.3. The Balaban J connectivity index is 1.65. The molecular formula is C20H15N5O2. The van der Waals surface area contributed by atoms with Crippen molar-refractivity contribution in [3.8, 4) is 23.0 Å². The summed E-state index contributed by atoms with van der Waals surface area (Å²) in [5, 5.41) is 2.82. The van der Waals surface area contributed by atoms with E-state index >= 15 is 0 Å². The van der Waals surface area contributed by atoms with E-state index in [1.54, 1.807) is 49.1 Å². The number of nitrogens with zero attached hydrogens (tertiary/aromatic N) is 4. The molecule has 0 radical (unpaired) electrons. The maximum Gasteiger partial charge on any atom is 0.230 e. The van der Waals surface area contributed by atoms with Crippen LogP contribution in [-0.2, 0) is 11.2 Å². The predicted octanol–water partition coefficient (Wildman–Crippen LogP) is 3.37. The van der Waals surface area contributed by atoms with Gasteiger partial charge in [-0.1, -0.05) is 12.1 Å². The summed E-state index contributed by atoms with van der Waals surface area (Å²) >= 11 is 0. The molecule has 0 saturated heterocycles. The summed E-state index contributed by atoms with van der Waals surface area (Å²) in [5.74, 6) is 1.07. The van der Waals surface area contributed by atoms with E-state index in [0.717, 1.165) is 5.56 Å². The molecule has 4 aromatic heterocycles. The summed E-state index contributed by atoms with van der Waals surface area (Å²) in [4.78, 5) is 29.6. The molecule has 4 rings (SSSR count). The molecule has 0 atom stereocenters. The first kappa shape index (κ1) is 16.6. The lowest BCUT2D eigenvalue weighted by atomic mass is 10.2. The standard InChI is InChI=1S/C20H15N5O2/c26-19(11-14-5-3-8-21-13-14)24-18-12-16(15-6-1-2-9-22-15)23-20(25-18)17-7-4-10-27-17/h1-10,12-13H,11H2,(H,23,24,25,26). The highest BCUT2D eigenvalue weighted by molar-refractivity contribution is 5.92. The quantitative estimate of drug-likeness (QED) is 0.588. The lowest BCUT2D eigenvalue weighted by molar-refractivity contribution is -0.115. The number of carbonyl (C=O) groups excluding carboxylic acids is 1. The van der Waals surface area contributed by atoms with Crippen molar-refractivity contribution in [2.45, 2.75) is 6.42 Å². The minimum absolute atomic E-state index is 0.195. The van der Waals surface area contributed by atoms with E-state index in [9.17, 15) is 4.79 Å². The van der Waals surface area contributed by atoms with E-state index in [1.807, 2.05) is 24.3 Å². The summed E-state index contributed by atoms with van der Waals surface area (Å²) in [6, 6.07) is 14.4. The number of pyridine rings is 2. The lowest BCUT2D eigenvalue weighted by Gasteiger charge is -2.08. The zero-order valence-electron chi connectivity index (χ0n) is 14.2. The number of nitrogens with one attached hydrogen (secondary N) is 1. The fraction of sp³-hybridized carbons (Fsp3) is 0.0500. The van der Waals surface area contributed by atoms with Crippen molar-refractivity contribution >= 4 is 11.7 Å². The van der Waals surface area contributed by atoms with Gasteiger partial charge >= 0.3 is 0 Å². The van der Waals surface area contributed by atoms with E-state index in [1.165, 1.54) is 0 Å². The van der Waals surface area contributed by atoms with Gasteiger partial charge in [-0.25, -0.2) is 9.97 Å². The van der Waals surface area contributed by atoms with Crippen LogP contribution in [0.5, 0.6) is 0 Å². The second-order valence-corrected chi connectivity index (χ2v) is 5.74. The number of hydrogen-bond donors (Lipinski definition) is 1. The Morgan fingerprint density at radius 1 is 1.00 bits per heavy atom.